The third-order valence-corrected chi connectivity index (χ3v) is 4.23. The fourth-order valence-electron chi connectivity index (χ4n) is 3.71. The lowest BCUT2D eigenvalue weighted by molar-refractivity contribution is 0.353. The van der Waals surface area contributed by atoms with Crippen LogP contribution in [0.5, 0.6) is 5.75 Å². The Hall–Kier alpha value is -1.69. The van der Waals surface area contributed by atoms with Gasteiger partial charge in [0.2, 0.25) is 0 Å². The van der Waals surface area contributed by atoms with Crippen molar-refractivity contribution in [1.82, 2.24) is 0 Å². The molecule has 0 aliphatic carbocycles. The van der Waals surface area contributed by atoms with E-state index in [1.54, 1.807) is 7.11 Å². The van der Waals surface area contributed by atoms with Crippen molar-refractivity contribution in [2.24, 2.45) is 0 Å². The van der Waals surface area contributed by atoms with Crippen molar-refractivity contribution < 1.29 is 4.74 Å². The van der Waals surface area contributed by atoms with Crippen LogP contribution in [0.1, 0.15) is 58.1 Å². The molecule has 1 heterocycles. The van der Waals surface area contributed by atoms with Crippen molar-refractivity contribution in [1.29, 1.82) is 5.26 Å². The average molecular weight is 272 g/mol. The van der Waals surface area contributed by atoms with Crippen molar-refractivity contribution >= 4 is 5.69 Å². The molecule has 0 radical (unpaired) electrons. The lowest BCUT2D eigenvalue weighted by Gasteiger charge is -2.50. The van der Waals surface area contributed by atoms with E-state index in [2.05, 4.69) is 45.6 Å². The summed E-state index contributed by atoms with van der Waals surface area (Å²) < 4.78 is 5.38. The van der Waals surface area contributed by atoms with Gasteiger partial charge in [-0.2, -0.15) is 5.26 Å². The Morgan fingerprint density at radius 1 is 1.40 bits per heavy atom. The second-order valence-electron chi connectivity index (χ2n) is 6.60. The number of ether oxygens (including phenoxy) is 1. The van der Waals surface area contributed by atoms with Crippen LogP contribution in [0.2, 0.25) is 0 Å². The van der Waals surface area contributed by atoms with Crippen LogP contribution in [0.15, 0.2) is 12.1 Å². The summed E-state index contributed by atoms with van der Waals surface area (Å²) >= 11 is 0. The van der Waals surface area contributed by atoms with E-state index in [9.17, 15) is 5.26 Å². The SMILES string of the molecule is COc1cc2c(cc1C#N)[C@H](C)CC(C)(C)N2C(C)C. The first kappa shape index (κ1) is 14.7. The van der Waals surface area contributed by atoms with Crippen molar-refractivity contribution in [3.63, 3.8) is 0 Å². The number of methoxy groups -OCH3 is 1. The zero-order valence-electron chi connectivity index (χ0n) is 13.3. The monoisotopic (exact) mass is 272 g/mol. The lowest BCUT2D eigenvalue weighted by atomic mass is 9.78. The van der Waals surface area contributed by atoms with Gasteiger partial charge in [0.25, 0.3) is 0 Å². The molecule has 0 saturated carbocycles. The van der Waals surface area contributed by atoms with Gasteiger partial charge in [0.15, 0.2) is 0 Å². The smallest absolute Gasteiger partial charge is 0.138 e. The van der Waals surface area contributed by atoms with Crippen molar-refractivity contribution in [3.05, 3.63) is 23.3 Å². The number of hydrogen-bond acceptors (Lipinski definition) is 3. The third kappa shape index (κ3) is 2.24. The summed E-state index contributed by atoms with van der Waals surface area (Å²) in [6.07, 6.45) is 1.09. The van der Waals surface area contributed by atoms with E-state index in [1.165, 1.54) is 11.3 Å². The second-order valence-corrected chi connectivity index (χ2v) is 6.60. The van der Waals surface area contributed by atoms with E-state index >= 15 is 0 Å². The highest BCUT2D eigenvalue weighted by Gasteiger charge is 2.38. The molecule has 1 aromatic carbocycles. The summed E-state index contributed by atoms with van der Waals surface area (Å²) in [4.78, 5) is 2.45. The maximum Gasteiger partial charge on any atom is 0.138 e. The molecule has 1 aromatic rings. The van der Waals surface area contributed by atoms with Crippen LogP contribution in [0.25, 0.3) is 0 Å². The van der Waals surface area contributed by atoms with Crippen LogP contribution in [-0.2, 0) is 0 Å². The van der Waals surface area contributed by atoms with E-state index < -0.39 is 0 Å². The standard InChI is InChI=1S/C17H24N2O/c1-11(2)19-15-8-16(20-6)13(10-18)7-14(15)12(3)9-17(19,4)5/h7-8,11-12H,9H2,1-6H3/t12-/m1/s1. The van der Waals surface area contributed by atoms with Crippen LogP contribution >= 0.6 is 0 Å². The van der Waals surface area contributed by atoms with E-state index in [4.69, 9.17) is 4.74 Å². The summed E-state index contributed by atoms with van der Waals surface area (Å²) in [7, 11) is 1.62. The maximum atomic E-state index is 9.27. The van der Waals surface area contributed by atoms with Gasteiger partial charge in [0.05, 0.1) is 12.7 Å². The Morgan fingerprint density at radius 2 is 2.05 bits per heavy atom. The molecule has 0 unspecified atom stereocenters. The van der Waals surface area contributed by atoms with Gasteiger partial charge in [0.1, 0.15) is 11.8 Å². The molecule has 0 bridgehead atoms. The summed E-state index contributed by atoms with van der Waals surface area (Å²) in [5.74, 6) is 1.12. The summed E-state index contributed by atoms with van der Waals surface area (Å²) in [5, 5.41) is 9.27. The summed E-state index contributed by atoms with van der Waals surface area (Å²) in [6, 6.07) is 6.69. The predicted octanol–water partition coefficient (Wildman–Crippen LogP) is 4.07. The number of anilines is 1. The Labute approximate surface area is 122 Å². The topological polar surface area (TPSA) is 36.3 Å². The number of benzene rings is 1. The third-order valence-electron chi connectivity index (χ3n) is 4.23. The van der Waals surface area contributed by atoms with Gasteiger partial charge in [-0.3, -0.25) is 0 Å². The lowest BCUT2D eigenvalue weighted by Crippen LogP contribution is -2.51. The molecule has 1 aliphatic rings. The minimum Gasteiger partial charge on any atom is -0.495 e. The highest BCUT2D eigenvalue weighted by atomic mass is 16.5. The normalized spacial score (nSPS) is 20.5. The maximum absolute atomic E-state index is 9.27. The van der Waals surface area contributed by atoms with Crippen LogP contribution in [0, 0.1) is 11.3 Å². The molecular weight excluding hydrogens is 248 g/mol. The van der Waals surface area contributed by atoms with Gasteiger partial charge in [-0.15, -0.1) is 0 Å². The summed E-state index contributed by atoms with van der Waals surface area (Å²) in [5.41, 5.74) is 3.20. The Kier molecular flexibility index (Phi) is 3.69. The quantitative estimate of drug-likeness (QED) is 0.814. The van der Waals surface area contributed by atoms with E-state index in [-0.39, 0.29) is 5.54 Å². The largest absolute Gasteiger partial charge is 0.495 e. The van der Waals surface area contributed by atoms with E-state index in [1.807, 2.05) is 12.1 Å². The number of fused-ring (bicyclic) bond motifs is 1. The highest BCUT2D eigenvalue weighted by Crippen LogP contribution is 2.46. The van der Waals surface area contributed by atoms with Gasteiger partial charge in [-0.25, -0.2) is 0 Å². The number of nitrogens with zero attached hydrogens (tertiary/aromatic N) is 2. The summed E-state index contributed by atoms with van der Waals surface area (Å²) in [6.45, 7) is 11.2. The molecule has 3 heteroatoms. The molecule has 0 aromatic heterocycles. The zero-order valence-corrected chi connectivity index (χ0v) is 13.3. The van der Waals surface area contributed by atoms with Crippen LogP contribution in [0.4, 0.5) is 5.69 Å². The van der Waals surface area contributed by atoms with Gasteiger partial charge in [-0.05, 0) is 51.7 Å². The first-order valence-electron chi connectivity index (χ1n) is 7.23. The van der Waals surface area contributed by atoms with Crippen LogP contribution in [0.3, 0.4) is 0 Å². The molecule has 2 rings (SSSR count). The fraction of sp³-hybridized carbons (Fsp3) is 0.588. The van der Waals surface area contributed by atoms with Crippen molar-refractivity contribution in [2.75, 3.05) is 12.0 Å². The molecule has 0 amide bonds. The Balaban J connectivity index is 2.68. The molecule has 0 saturated heterocycles. The van der Waals surface area contributed by atoms with E-state index in [0.717, 1.165) is 6.42 Å². The number of rotatable bonds is 2. The molecule has 1 atom stereocenters. The van der Waals surface area contributed by atoms with Gasteiger partial charge in [-0.1, -0.05) is 6.92 Å². The van der Waals surface area contributed by atoms with Crippen molar-refractivity contribution in [2.45, 2.75) is 58.5 Å². The predicted molar refractivity (Wildman–Crippen MR) is 82.4 cm³/mol. The first-order chi connectivity index (χ1) is 9.31. The average Bonchev–Trinajstić information content (AvgIpc) is 2.35. The Morgan fingerprint density at radius 3 is 2.55 bits per heavy atom. The number of nitriles is 1. The zero-order chi connectivity index (χ0) is 15.1. The van der Waals surface area contributed by atoms with Gasteiger partial charge >= 0.3 is 0 Å². The molecule has 0 N–H and O–H groups in total. The molecule has 3 nitrogen and oxygen atoms in total. The van der Waals surface area contributed by atoms with Gasteiger partial charge in [0, 0.05) is 23.3 Å². The van der Waals surface area contributed by atoms with Crippen LogP contribution in [-0.4, -0.2) is 18.7 Å². The molecular formula is C17H24N2O. The molecule has 20 heavy (non-hydrogen) atoms. The number of hydrogen-bond donors (Lipinski definition) is 0. The van der Waals surface area contributed by atoms with Crippen molar-refractivity contribution in [3.8, 4) is 11.8 Å². The highest BCUT2D eigenvalue weighted by molar-refractivity contribution is 5.66. The Bertz CT molecular complexity index is 555. The first-order valence-corrected chi connectivity index (χ1v) is 7.23. The fourth-order valence-corrected chi connectivity index (χ4v) is 3.71. The second kappa shape index (κ2) is 5.01. The molecule has 0 spiro atoms. The molecule has 0 fully saturated rings. The van der Waals surface area contributed by atoms with Crippen LogP contribution < -0.4 is 9.64 Å². The molecule has 1 aliphatic heterocycles. The van der Waals surface area contributed by atoms with E-state index in [0.29, 0.717) is 23.3 Å². The minimum absolute atomic E-state index is 0.111. The van der Waals surface area contributed by atoms with Gasteiger partial charge < -0.3 is 9.64 Å². The minimum atomic E-state index is 0.111. The molecule has 108 valence electrons.